The zero-order valence-corrected chi connectivity index (χ0v) is 13.0. The van der Waals surface area contributed by atoms with E-state index in [1.807, 2.05) is 0 Å². The molecule has 1 N–H and O–H groups in total. The third-order valence-electron chi connectivity index (χ3n) is 5.34. The number of esters is 1. The van der Waals surface area contributed by atoms with Gasteiger partial charge in [-0.25, -0.2) is 0 Å². The Labute approximate surface area is 140 Å². The van der Waals surface area contributed by atoms with Crippen LogP contribution in [0.1, 0.15) is 18.4 Å². The summed E-state index contributed by atoms with van der Waals surface area (Å²) >= 11 is 5.91. The van der Waals surface area contributed by atoms with Crippen LogP contribution >= 0.6 is 11.6 Å². The lowest BCUT2D eigenvalue weighted by Gasteiger charge is -2.24. The van der Waals surface area contributed by atoms with E-state index in [9.17, 15) is 22.8 Å². The number of carbonyl (C=O) groups excluding carboxylic acids is 2. The van der Waals surface area contributed by atoms with Gasteiger partial charge in [-0.3, -0.25) is 9.59 Å². The third-order valence-corrected chi connectivity index (χ3v) is 5.67. The van der Waals surface area contributed by atoms with Crippen LogP contribution in [0.25, 0.3) is 0 Å². The summed E-state index contributed by atoms with van der Waals surface area (Å²) in [5, 5.41) is 2.49. The number of halogens is 4. The normalized spacial score (nSPS) is 33.7. The van der Waals surface area contributed by atoms with Crippen molar-refractivity contribution in [3.8, 4) is 0 Å². The summed E-state index contributed by atoms with van der Waals surface area (Å²) < 4.78 is 43.7. The summed E-state index contributed by atoms with van der Waals surface area (Å²) in [6, 6.07) is 2.76. The Balaban J connectivity index is 1.58. The van der Waals surface area contributed by atoms with Crippen LogP contribution in [0.2, 0.25) is 5.02 Å². The van der Waals surface area contributed by atoms with Crippen LogP contribution in [-0.2, 0) is 20.5 Å². The van der Waals surface area contributed by atoms with Gasteiger partial charge in [-0.1, -0.05) is 11.6 Å². The second kappa shape index (κ2) is 5.12. The maximum atomic E-state index is 12.8. The molecule has 0 unspecified atom stereocenters. The highest BCUT2D eigenvalue weighted by atomic mass is 35.5. The number of ether oxygens (including phenoxy) is 1. The van der Waals surface area contributed by atoms with E-state index >= 15 is 0 Å². The number of hydrogen-bond acceptors (Lipinski definition) is 3. The Bertz CT molecular complexity index is 734. The summed E-state index contributed by atoms with van der Waals surface area (Å²) in [6.07, 6.45) is -3.25. The topological polar surface area (TPSA) is 55.4 Å². The van der Waals surface area contributed by atoms with Gasteiger partial charge in [0.05, 0.1) is 28.1 Å². The molecule has 1 saturated heterocycles. The van der Waals surface area contributed by atoms with Crippen molar-refractivity contribution >= 4 is 29.2 Å². The summed E-state index contributed by atoms with van der Waals surface area (Å²) in [7, 11) is 0. The van der Waals surface area contributed by atoms with Gasteiger partial charge >= 0.3 is 12.1 Å². The molecule has 1 aromatic carbocycles. The van der Waals surface area contributed by atoms with Gasteiger partial charge in [-0.2, -0.15) is 13.2 Å². The van der Waals surface area contributed by atoms with Crippen LogP contribution in [-0.4, -0.2) is 18.0 Å². The number of benzene rings is 1. The highest BCUT2D eigenvalue weighted by molar-refractivity contribution is 6.33. The van der Waals surface area contributed by atoms with Gasteiger partial charge in [0.1, 0.15) is 6.10 Å². The van der Waals surface area contributed by atoms with Crippen molar-refractivity contribution < 1.29 is 27.5 Å². The summed E-state index contributed by atoms with van der Waals surface area (Å²) in [5.41, 5.74) is -0.988. The number of hydrogen-bond donors (Lipinski definition) is 1. The molecule has 2 bridgehead atoms. The first-order valence-electron chi connectivity index (χ1n) is 7.64. The summed E-state index contributed by atoms with van der Waals surface area (Å²) in [6.45, 7) is 0. The van der Waals surface area contributed by atoms with E-state index in [0.717, 1.165) is 24.6 Å². The highest BCUT2D eigenvalue weighted by Crippen LogP contribution is 2.57. The molecule has 0 radical (unpaired) electrons. The monoisotopic (exact) mass is 359 g/mol. The SMILES string of the molecule is O=C(Nc1cc(C(F)(F)F)ccc1Cl)[C@@H]1[C@@H]2C[C@@H]3[C@H]1C(=O)O[C@H]3C2. The van der Waals surface area contributed by atoms with Crippen molar-refractivity contribution in [2.45, 2.75) is 25.1 Å². The van der Waals surface area contributed by atoms with Gasteiger partial charge in [-0.15, -0.1) is 0 Å². The van der Waals surface area contributed by atoms with E-state index in [0.29, 0.717) is 6.42 Å². The molecule has 3 aliphatic rings. The van der Waals surface area contributed by atoms with E-state index in [4.69, 9.17) is 16.3 Å². The molecular formula is C16H13ClF3NO3. The molecule has 1 aliphatic heterocycles. The predicted octanol–water partition coefficient (Wildman–Crippen LogP) is 3.49. The first-order valence-corrected chi connectivity index (χ1v) is 8.01. The fraction of sp³-hybridized carbons (Fsp3) is 0.500. The van der Waals surface area contributed by atoms with Crippen molar-refractivity contribution in [2.24, 2.45) is 23.7 Å². The zero-order chi connectivity index (χ0) is 17.2. The van der Waals surface area contributed by atoms with E-state index < -0.39 is 29.5 Å². The van der Waals surface area contributed by atoms with Crippen molar-refractivity contribution in [3.63, 3.8) is 0 Å². The molecule has 4 nitrogen and oxygen atoms in total. The Kier molecular flexibility index (Phi) is 3.36. The molecule has 8 heteroatoms. The minimum atomic E-state index is -4.53. The fourth-order valence-corrected chi connectivity index (χ4v) is 4.54. The standard InChI is InChI=1S/C16H13ClF3NO3/c17-9-2-1-7(16(18,19)20)5-10(9)21-14(22)12-6-3-8-11(4-6)24-15(23)13(8)12/h1-2,5-6,8,11-13H,3-4H2,(H,21,22)/t6-,8+,11+,12-,13-/m1/s1. The lowest BCUT2D eigenvalue weighted by atomic mass is 9.79. The number of amides is 1. The molecule has 2 saturated carbocycles. The van der Waals surface area contributed by atoms with Crippen molar-refractivity contribution in [1.29, 1.82) is 0 Å². The molecule has 128 valence electrons. The molecule has 2 aliphatic carbocycles. The number of rotatable bonds is 2. The van der Waals surface area contributed by atoms with Gasteiger partial charge in [0.15, 0.2) is 0 Å². The minimum absolute atomic E-state index is 0.0198. The zero-order valence-electron chi connectivity index (χ0n) is 12.3. The average Bonchev–Trinajstić information content (AvgIpc) is 3.09. The maximum Gasteiger partial charge on any atom is 0.416 e. The van der Waals surface area contributed by atoms with Gasteiger partial charge in [0.2, 0.25) is 5.91 Å². The number of anilines is 1. The van der Waals surface area contributed by atoms with Gasteiger partial charge < -0.3 is 10.1 Å². The Hall–Kier alpha value is -1.76. The van der Waals surface area contributed by atoms with Gasteiger partial charge in [0.25, 0.3) is 0 Å². The molecule has 1 aromatic rings. The van der Waals surface area contributed by atoms with Crippen LogP contribution in [0.5, 0.6) is 0 Å². The molecule has 4 rings (SSSR count). The van der Waals surface area contributed by atoms with Crippen molar-refractivity contribution in [3.05, 3.63) is 28.8 Å². The molecular weight excluding hydrogens is 347 g/mol. The van der Waals surface area contributed by atoms with Crippen LogP contribution < -0.4 is 5.32 Å². The van der Waals surface area contributed by atoms with Crippen LogP contribution in [0.3, 0.4) is 0 Å². The third kappa shape index (κ3) is 2.29. The number of fused-ring (bicyclic) bond motifs is 1. The van der Waals surface area contributed by atoms with Crippen LogP contribution in [0.4, 0.5) is 18.9 Å². The number of nitrogens with one attached hydrogen (secondary N) is 1. The quantitative estimate of drug-likeness (QED) is 0.822. The Morgan fingerprint density at radius 1 is 1.29 bits per heavy atom. The molecule has 0 aromatic heterocycles. The van der Waals surface area contributed by atoms with Crippen LogP contribution in [0, 0.1) is 23.7 Å². The van der Waals surface area contributed by atoms with Crippen molar-refractivity contribution in [2.75, 3.05) is 5.32 Å². The van der Waals surface area contributed by atoms with E-state index in [1.54, 1.807) is 0 Å². The lowest BCUT2D eigenvalue weighted by molar-refractivity contribution is -0.145. The fourth-order valence-electron chi connectivity index (χ4n) is 4.38. The second-order valence-corrected chi connectivity index (χ2v) is 7.01. The van der Waals surface area contributed by atoms with Crippen LogP contribution in [0.15, 0.2) is 18.2 Å². The smallest absolute Gasteiger partial charge is 0.416 e. The molecule has 3 fully saturated rings. The molecule has 1 heterocycles. The van der Waals surface area contributed by atoms with E-state index in [2.05, 4.69) is 5.32 Å². The van der Waals surface area contributed by atoms with E-state index in [-0.39, 0.29) is 34.6 Å². The summed E-state index contributed by atoms with van der Waals surface area (Å²) in [4.78, 5) is 24.5. The second-order valence-electron chi connectivity index (χ2n) is 6.60. The predicted molar refractivity (Wildman–Crippen MR) is 78.2 cm³/mol. The molecule has 0 spiro atoms. The lowest BCUT2D eigenvalue weighted by Crippen LogP contribution is -2.36. The molecule has 5 atom stereocenters. The van der Waals surface area contributed by atoms with E-state index in [1.165, 1.54) is 0 Å². The first-order chi connectivity index (χ1) is 11.3. The molecule has 1 amide bonds. The highest BCUT2D eigenvalue weighted by Gasteiger charge is 2.63. The van der Waals surface area contributed by atoms with Gasteiger partial charge in [0, 0.05) is 5.92 Å². The summed E-state index contributed by atoms with van der Waals surface area (Å²) in [5.74, 6) is -1.81. The Morgan fingerprint density at radius 2 is 2.04 bits per heavy atom. The van der Waals surface area contributed by atoms with Crippen molar-refractivity contribution in [1.82, 2.24) is 0 Å². The minimum Gasteiger partial charge on any atom is -0.462 e. The first kappa shape index (κ1) is 15.7. The Morgan fingerprint density at radius 3 is 2.75 bits per heavy atom. The van der Waals surface area contributed by atoms with Gasteiger partial charge in [-0.05, 0) is 37.0 Å². The average molecular weight is 360 g/mol. The number of alkyl halides is 3. The maximum absolute atomic E-state index is 12.8. The largest absolute Gasteiger partial charge is 0.462 e. The molecule has 24 heavy (non-hydrogen) atoms. The number of carbonyl (C=O) groups is 2.